The molecule has 1 aromatic carbocycles. The van der Waals surface area contributed by atoms with Crippen LogP contribution >= 0.6 is 24.0 Å². The maximum Gasteiger partial charge on any atom is 0.387 e. The number of likely N-dealkylation sites (tertiary alicyclic amines) is 1. The van der Waals surface area contributed by atoms with E-state index < -0.39 is 6.61 Å². The lowest BCUT2D eigenvalue weighted by atomic mass is 9.93. The number of piperidine rings is 1. The number of nitrogens with one attached hydrogen (secondary N) is 1. The van der Waals surface area contributed by atoms with Crippen LogP contribution < -0.4 is 10.1 Å². The summed E-state index contributed by atoms with van der Waals surface area (Å²) < 4.78 is 28.8. The van der Waals surface area contributed by atoms with Gasteiger partial charge in [0.15, 0.2) is 5.96 Å². The third kappa shape index (κ3) is 8.46. The molecule has 1 aliphatic heterocycles. The predicted octanol–water partition coefficient (Wildman–Crippen LogP) is 4.04. The van der Waals surface area contributed by atoms with Crippen LogP contribution in [0.25, 0.3) is 0 Å². The average molecular weight is 510 g/mol. The number of rotatable bonds is 8. The van der Waals surface area contributed by atoms with Crippen LogP contribution in [-0.4, -0.2) is 62.6 Å². The Morgan fingerprint density at radius 3 is 2.46 bits per heavy atom. The molecular formula is C20H33F2IN4O. The van der Waals surface area contributed by atoms with Crippen molar-refractivity contribution in [1.82, 2.24) is 15.1 Å². The first-order valence-electron chi connectivity index (χ1n) is 9.69. The molecule has 1 N–H and O–H groups in total. The highest BCUT2D eigenvalue weighted by molar-refractivity contribution is 14.0. The molecule has 0 atom stereocenters. The van der Waals surface area contributed by atoms with Crippen molar-refractivity contribution < 1.29 is 13.5 Å². The van der Waals surface area contributed by atoms with E-state index in [0.29, 0.717) is 6.54 Å². The minimum absolute atomic E-state index is 0. The predicted molar refractivity (Wildman–Crippen MR) is 121 cm³/mol. The van der Waals surface area contributed by atoms with E-state index in [1.165, 1.54) is 25.9 Å². The molecule has 5 nitrogen and oxygen atoms in total. The molecule has 1 aliphatic rings. The number of nitrogens with zero attached hydrogens (tertiary/aromatic N) is 3. The van der Waals surface area contributed by atoms with Gasteiger partial charge in [-0.1, -0.05) is 19.1 Å². The lowest BCUT2D eigenvalue weighted by molar-refractivity contribution is -0.0498. The molecule has 28 heavy (non-hydrogen) atoms. The van der Waals surface area contributed by atoms with Crippen LogP contribution in [-0.2, 0) is 6.54 Å². The van der Waals surface area contributed by atoms with E-state index in [1.54, 1.807) is 31.3 Å². The van der Waals surface area contributed by atoms with E-state index in [4.69, 9.17) is 0 Å². The molecule has 0 aliphatic carbocycles. The summed E-state index contributed by atoms with van der Waals surface area (Å²) in [6.07, 6.45) is 3.71. The van der Waals surface area contributed by atoms with Crippen molar-refractivity contribution >= 4 is 29.9 Å². The second-order valence-corrected chi connectivity index (χ2v) is 7.02. The highest BCUT2D eigenvalue weighted by atomic mass is 127. The summed E-state index contributed by atoms with van der Waals surface area (Å²) in [4.78, 5) is 8.89. The van der Waals surface area contributed by atoms with Crippen molar-refractivity contribution in [3.63, 3.8) is 0 Å². The summed E-state index contributed by atoms with van der Waals surface area (Å²) in [6.45, 7) is 4.55. The standard InChI is InChI=1S/C20H32F2N4O.HI/c1-4-26-13-10-16(11-14-26)9-12-24-20(23-2)25(3)15-17-5-7-18(8-6-17)27-19(21)22;/h5-8,16,19H,4,9-15H2,1-3H3,(H,23,24);1H. The molecule has 8 heteroatoms. The number of benzene rings is 1. The van der Waals surface area contributed by atoms with Crippen LogP contribution in [0.4, 0.5) is 8.78 Å². The van der Waals surface area contributed by atoms with Crippen molar-refractivity contribution in [1.29, 1.82) is 0 Å². The van der Waals surface area contributed by atoms with Crippen LogP contribution in [0.5, 0.6) is 5.75 Å². The molecule has 160 valence electrons. The molecule has 1 aromatic rings. The van der Waals surface area contributed by atoms with Crippen LogP contribution in [0.1, 0.15) is 31.7 Å². The second kappa shape index (κ2) is 13.1. The van der Waals surface area contributed by atoms with E-state index in [0.717, 1.165) is 37.0 Å². The Morgan fingerprint density at radius 1 is 1.29 bits per heavy atom. The molecule has 1 heterocycles. The Morgan fingerprint density at radius 2 is 1.93 bits per heavy atom. The quantitative estimate of drug-likeness (QED) is 0.326. The Hall–Kier alpha value is -1.16. The fourth-order valence-corrected chi connectivity index (χ4v) is 3.49. The molecule has 0 spiro atoms. The number of halogens is 3. The molecule has 0 radical (unpaired) electrons. The van der Waals surface area contributed by atoms with Gasteiger partial charge in [-0.15, -0.1) is 24.0 Å². The van der Waals surface area contributed by atoms with Gasteiger partial charge in [-0.3, -0.25) is 4.99 Å². The van der Waals surface area contributed by atoms with E-state index >= 15 is 0 Å². The minimum Gasteiger partial charge on any atom is -0.435 e. The van der Waals surface area contributed by atoms with Crippen LogP contribution in [0.3, 0.4) is 0 Å². The molecular weight excluding hydrogens is 477 g/mol. The smallest absolute Gasteiger partial charge is 0.387 e. The number of alkyl halides is 2. The largest absolute Gasteiger partial charge is 0.435 e. The Kier molecular flexibility index (Phi) is 11.7. The summed E-state index contributed by atoms with van der Waals surface area (Å²) in [7, 11) is 3.75. The van der Waals surface area contributed by atoms with Gasteiger partial charge in [0.25, 0.3) is 0 Å². The number of ether oxygens (including phenoxy) is 1. The molecule has 1 fully saturated rings. The fourth-order valence-electron chi connectivity index (χ4n) is 3.49. The number of guanidine groups is 1. The molecule has 0 unspecified atom stereocenters. The maximum atomic E-state index is 12.2. The minimum atomic E-state index is -2.80. The monoisotopic (exact) mass is 510 g/mol. The third-order valence-electron chi connectivity index (χ3n) is 5.13. The molecule has 0 saturated carbocycles. The van der Waals surface area contributed by atoms with Gasteiger partial charge >= 0.3 is 6.61 Å². The molecule has 0 aromatic heterocycles. The lowest BCUT2D eigenvalue weighted by Crippen LogP contribution is -2.40. The van der Waals surface area contributed by atoms with Gasteiger partial charge in [-0.2, -0.15) is 8.78 Å². The summed E-state index contributed by atoms with van der Waals surface area (Å²) in [5.41, 5.74) is 1.01. The highest BCUT2D eigenvalue weighted by Crippen LogP contribution is 2.19. The van der Waals surface area contributed by atoms with E-state index in [2.05, 4.69) is 26.9 Å². The lowest BCUT2D eigenvalue weighted by Gasteiger charge is -2.31. The van der Waals surface area contributed by atoms with Crippen LogP contribution in [0, 0.1) is 5.92 Å². The van der Waals surface area contributed by atoms with Crippen LogP contribution in [0.15, 0.2) is 29.3 Å². The average Bonchev–Trinajstić information content (AvgIpc) is 2.67. The van der Waals surface area contributed by atoms with E-state index in [-0.39, 0.29) is 29.7 Å². The third-order valence-corrected chi connectivity index (χ3v) is 5.13. The van der Waals surface area contributed by atoms with Crippen molar-refractivity contribution in [2.75, 3.05) is 40.3 Å². The first-order chi connectivity index (χ1) is 13.0. The van der Waals surface area contributed by atoms with Crippen molar-refractivity contribution in [2.45, 2.75) is 39.3 Å². The summed E-state index contributed by atoms with van der Waals surface area (Å²) >= 11 is 0. The van der Waals surface area contributed by atoms with Gasteiger partial charge in [-0.25, -0.2) is 0 Å². The van der Waals surface area contributed by atoms with E-state index in [9.17, 15) is 8.78 Å². The summed E-state index contributed by atoms with van der Waals surface area (Å²) in [5, 5.41) is 3.44. The van der Waals surface area contributed by atoms with Gasteiger partial charge in [0.05, 0.1) is 0 Å². The number of hydrogen-bond donors (Lipinski definition) is 1. The molecule has 0 bridgehead atoms. The van der Waals surface area contributed by atoms with Gasteiger partial charge in [0.1, 0.15) is 5.75 Å². The topological polar surface area (TPSA) is 40.1 Å². The van der Waals surface area contributed by atoms with Gasteiger partial charge in [-0.05, 0) is 62.5 Å². The van der Waals surface area contributed by atoms with Gasteiger partial charge in [0, 0.05) is 27.2 Å². The zero-order valence-electron chi connectivity index (χ0n) is 17.0. The summed E-state index contributed by atoms with van der Waals surface area (Å²) in [6, 6.07) is 6.72. The van der Waals surface area contributed by atoms with Crippen molar-refractivity contribution in [3.05, 3.63) is 29.8 Å². The van der Waals surface area contributed by atoms with Crippen molar-refractivity contribution in [2.24, 2.45) is 10.9 Å². The second-order valence-electron chi connectivity index (χ2n) is 7.02. The zero-order chi connectivity index (χ0) is 19.6. The highest BCUT2D eigenvalue weighted by Gasteiger charge is 2.18. The Balaban J connectivity index is 0.00000392. The van der Waals surface area contributed by atoms with Gasteiger partial charge in [0.2, 0.25) is 0 Å². The van der Waals surface area contributed by atoms with E-state index in [1.807, 2.05) is 11.9 Å². The van der Waals surface area contributed by atoms with Crippen LogP contribution in [0.2, 0.25) is 0 Å². The van der Waals surface area contributed by atoms with Gasteiger partial charge < -0.3 is 19.9 Å². The first-order valence-corrected chi connectivity index (χ1v) is 9.69. The number of aliphatic imine (C=N–C) groups is 1. The van der Waals surface area contributed by atoms with Crippen molar-refractivity contribution in [3.8, 4) is 5.75 Å². The molecule has 2 rings (SSSR count). The normalized spacial score (nSPS) is 16.0. The zero-order valence-corrected chi connectivity index (χ0v) is 19.4. The molecule has 0 amide bonds. The molecule has 1 saturated heterocycles. The Bertz CT molecular complexity index is 578. The SMILES string of the molecule is CCN1CCC(CCNC(=NC)N(C)Cc2ccc(OC(F)F)cc2)CC1.I. The fraction of sp³-hybridized carbons (Fsp3) is 0.650. The first kappa shape index (κ1) is 24.9. The number of hydrogen-bond acceptors (Lipinski definition) is 3. The Labute approximate surface area is 184 Å². The summed E-state index contributed by atoms with van der Waals surface area (Å²) in [5.74, 6) is 1.80. The maximum absolute atomic E-state index is 12.2.